The van der Waals surface area contributed by atoms with Gasteiger partial charge in [-0.25, -0.2) is 9.97 Å². The third-order valence-electron chi connectivity index (χ3n) is 5.46. The van der Waals surface area contributed by atoms with Crippen LogP contribution in [0.25, 0.3) is 5.82 Å². The molecule has 4 rings (SSSR count). The average molecular weight is 469 g/mol. The number of piperidine rings is 1. The van der Waals surface area contributed by atoms with Gasteiger partial charge in [0.05, 0.1) is 5.69 Å². The first-order valence-electron chi connectivity index (χ1n) is 10.2. The minimum absolute atomic E-state index is 0.283. The number of carbonyl (C=O) groups excluding carboxylic acids is 1. The number of anilines is 1. The van der Waals surface area contributed by atoms with Gasteiger partial charge in [-0.2, -0.15) is 9.78 Å². The van der Waals surface area contributed by atoms with Crippen molar-refractivity contribution in [2.75, 3.05) is 18.4 Å². The Morgan fingerprint density at radius 3 is 2.63 bits per heavy atom. The maximum absolute atomic E-state index is 12.8. The zero-order valence-corrected chi connectivity index (χ0v) is 18.7. The van der Waals surface area contributed by atoms with E-state index in [1.165, 1.54) is 0 Å². The monoisotopic (exact) mass is 468 g/mol. The zero-order valence-electron chi connectivity index (χ0n) is 17.1. The van der Waals surface area contributed by atoms with Crippen LogP contribution in [-0.4, -0.2) is 49.7 Å². The van der Waals surface area contributed by atoms with Crippen LogP contribution in [0.5, 0.6) is 0 Å². The Balaban J connectivity index is 1.61. The van der Waals surface area contributed by atoms with E-state index >= 15 is 0 Å². The molecule has 4 heterocycles. The highest BCUT2D eigenvalue weighted by molar-refractivity contribution is 9.10. The van der Waals surface area contributed by atoms with Gasteiger partial charge in [0.25, 0.3) is 5.91 Å². The largest absolute Gasteiger partial charge is 0.305 e. The molecule has 30 heavy (non-hydrogen) atoms. The van der Waals surface area contributed by atoms with Gasteiger partial charge >= 0.3 is 0 Å². The van der Waals surface area contributed by atoms with E-state index in [4.69, 9.17) is 5.10 Å². The molecule has 3 aromatic heterocycles. The van der Waals surface area contributed by atoms with Gasteiger partial charge in [-0.15, -0.1) is 0 Å². The first-order chi connectivity index (χ1) is 14.5. The summed E-state index contributed by atoms with van der Waals surface area (Å²) < 4.78 is 2.33. The molecule has 0 saturated carbocycles. The van der Waals surface area contributed by atoms with E-state index in [1.54, 1.807) is 29.1 Å². The summed E-state index contributed by atoms with van der Waals surface area (Å²) >= 11 is 3.32. The predicted octanol–water partition coefficient (Wildman–Crippen LogP) is 4.26. The van der Waals surface area contributed by atoms with Crippen molar-refractivity contribution in [2.24, 2.45) is 0 Å². The second kappa shape index (κ2) is 9.06. The first kappa shape index (κ1) is 20.7. The van der Waals surface area contributed by atoms with Crippen molar-refractivity contribution in [2.45, 2.75) is 38.6 Å². The standard InChI is InChI=1S/C22H25BrN6O/c1-15(2)28-12-9-16(10-13-28)18-14-21(29(27-18)20-8-3-4-11-24-20)26-22(30)17-6-5-7-19(23)25-17/h3-8,11,14-16H,9-10,12-13H2,1-2H3,(H,26,30). The van der Waals surface area contributed by atoms with E-state index < -0.39 is 0 Å². The molecule has 1 N–H and O–H groups in total. The Labute approximate surface area is 184 Å². The van der Waals surface area contributed by atoms with Crippen molar-refractivity contribution in [3.05, 3.63) is 64.7 Å². The highest BCUT2D eigenvalue weighted by atomic mass is 79.9. The second-order valence-electron chi connectivity index (χ2n) is 7.76. The molecule has 0 atom stereocenters. The van der Waals surface area contributed by atoms with Crippen molar-refractivity contribution in [1.82, 2.24) is 24.6 Å². The molecule has 8 heteroatoms. The number of hydrogen-bond acceptors (Lipinski definition) is 5. The molecule has 1 aliphatic heterocycles. The SMILES string of the molecule is CC(C)N1CCC(c2cc(NC(=O)c3cccc(Br)n3)n(-c3ccccn3)n2)CC1. The molecular formula is C22H25BrN6O. The Morgan fingerprint density at radius 1 is 1.17 bits per heavy atom. The van der Waals surface area contributed by atoms with Crippen LogP contribution in [0.4, 0.5) is 5.82 Å². The summed E-state index contributed by atoms with van der Waals surface area (Å²) in [6, 6.07) is 13.4. The molecule has 0 bridgehead atoms. The summed E-state index contributed by atoms with van der Waals surface area (Å²) in [5.41, 5.74) is 1.33. The maximum atomic E-state index is 12.8. The van der Waals surface area contributed by atoms with Crippen LogP contribution in [0.1, 0.15) is 48.8 Å². The van der Waals surface area contributed by atoms with Crippen molar-refractivity contribution < 1.29 is 4.79 Å². The number of hydrogen-bond donors (Lipinski definition) is 1. The summed E-state index contributed by atoms with van der Waals surface area (Å²) in [5, 5.41) is 7.80. The highest BCUT2D eigenvalue weighted by Gasteiger charge is 2.26. The molecule has 1 aliphatic rings. The van der Waals surface area contributed by atoms with Crippen LogP contribution in [0, 0.1) is 0 Å². The summed E-state index contributed by atoms with van der Waals surface area (Å²) in [5.74, 6) is 1.35. The fourth-order valence-corrected chi connectivity index (χ4v) is 4.11. The normalized spacial score (nSPS) is 15.5. The van der Waals surface area contributed by atoms with Crippen molar-refractivity contribution in [3.63, 3.8) is 0 Å². The number of likely N-dealkylation sites (tertiary alicyclic amines) is 1. The van der Waals surface area contributed by atoms with Crippen molar-refractivity contribution in [1.29, 1.82) is 0 Å². The lowest BCUT2D eigenvalue weighted by Crippen LogP contribution is -2.37. The molecule has 0 aromatic carbocycles. The Kier molecular flexibility index (Phi) is 6.24. The number of pyridine rings is 2. The van der Waals surface area contributed by atoms with Gasteiger partial charge < -0.3 is 10.2 Å². The molecule has 0 aliphatic carbocycles. The first-order valence-corrected chi connectivity index (χ1v) is 11.0. The van der Waals surface area contributed by atoms with Gasteiger partial charge in [0.1, 0.15) is 16.1 Å². The summed E-state index contributed by atoms with van der Waals surface area (Å²) in [6.45, 7) is 6.59. The quantitative estimate of drug-likeness (QED) is 0.565. The minimum Gasteiger partial charge on any atom is -0.305 e. The van der Waals surface area contributed by atoms with Crippen LogP contribution in [0.15, 0.2) is 53.3 Å². The van der Waals surface area contributed by atoms with Gasteiger partial charge in [0.2, 0.25) is 0 Å². The zero-order chi connectivity index (χ0) is 21.1. The number of halogens is 1. The predicted molar refractivity (Wildman–Crippen MR) is 120 cm³/mol. The van der Waals surface area contributed by atoms with Crippen LogP contribution >= 0.6 is 15.9 Å². The summed E-state index contributed by atoms with van der Waals surface area (Å²) in [6.07, 6.45) is 3.83. The maximum Gasteiger partial charge on any atom is 0.275 e. The smallest absolute Gasteiger partial charge is 0.275 e. The topological polar surface area (TPSA) is 75.9 Å². The highest BCUT2D eigenvalue weighted by Crippen LogP contribution is 2.30. The lowest BCUT2D eigenvalue weighted by molar-refractivity contribution is 0.102. The van der Waals surface area contributed by atoms with Gasteiger partial charge in [-0.05, 0) is 80.0 Å². The molecule has 3 aromatic rings. The number of rotatable bonds is 5. The van der Waals surface area contributed by atoms with Crippen LogP contribution in [0.3, 0.4) is 0 Å². The van der Waals surface area contributed by atoms with Crippen molar-refractivity contribution >= 4 is 27.7 Å². The Hall–Kier alpha value is -2.58. The van der Waals surface area contributed by atoms with Crippen LogP contribution < -0.4 is 5.32 Å². The lowest BCUT2D eigenvalue weighted by Gasteiger charge is -2.33. The minimum atomic E-state index is -0.283. The molecule has 1 fully saturated rings. The molecule has 1 saturated heterocycles. The van der Waals surface area contributed by atoms with E-state index in [0.29, 0.717) is 33.9 Å². The number of nitrogens with one attached hydrogen (secondary N) is 1. The molecule has 0 spiro atoms. The average Bonchev–Trinajstić information content (AvgIpc) is 3.18. The van der Waals surface area contributed by atoms with E-state index in [0.717, 1.165) is 31.6 Å². The number of carbonyl (C=O) groups is 1. The summed E-state index contributed by atoms with van der Waals surface area (Å²) in [7, 11) is 0. The van der Waals surface area contributed by atoms with E-state index in [2.05, 4.69) is 50.0 Å². The van der Waals surface area contributed by atoms with Crippen LogP contribution in [-0.2, 0) is 0 Å². The van der Waals surface area contributed by atoms with Crippen LogP contribution in [0.2, 0.25) is 0 Å². The van der Waals surface area contributed by atoms with Crippen molar-refractivity contribution in [3.8, 4) is 5.82 Å². The fraction of sp³-hybridized carbons (Fsp3) is 0.364. The lowest BCUT2D eigenvalue weighted by atomic mass is 9.93. The molecule has 1 amide bonds. The molecule has 0 radical (unpaired) electrons. The molecule has 156 valence electrons. The fourth-order valence-electron chi connectivity index (χ4n) is 3.77. The third kappa shape index (κ3) is 4.60. The molecule has 7 nitrogen and oxygen atoms in total. The summed E-state index contributed by atoms with van der Waals surface area (Å²) in [4.78, 5) is 23.9. The Morgan fingerprint density at radius 2 is 1.97 bits per heavy atom. The second-order valence-corrected chi connectivity index (χ2v) is 8.57. The van der Waals surface area contributed by atoms with E-state index in [-0.39, 0.29) is 5.91 Å². The third-order valence-corrected chi connectivity index (χ3v) is 5.90. The number of nitrogens with zero attached hydrogens (tertiary/aromatic N) is 5. The van der Waals surface area contributed by atoms with Gasteiger partial charge in [0.15, 0.2) is 5.82 Å². The number of amides is 1. The Bertz CT molecular complexity index is 1010. The van der Waals surface area contributed by atoms with E-state index in [9.17, 15) is 4.79 Å². The van der Waals surface area contributed by atoms with Gasteiger partial charge in [0, 0.05) is 24.2 Å². The number of aromatic nitrogens is 4. The van der Waals surface area contributed by atoms with Gasteiger partial charge in [-0.1, -0.05) is 12.1 Å². The molecular weight excluding hydrogens is 444 g/mol. The van der Waals surface area contributed by atoms with E-state index in [1.807, 2.05) is 24.3 Å². The van der Waals surface area contributed by atoms with Gasteiger partial charge in [-0.3, -0.25) is 4.79 Å². The molecule has 0 unspecified atom stereocenters.